The molecule has 1 unspecified atom stereocenters. The van der Waals surface area contributed by atoms with Gasteiger partial charge >= 0.3 is 5.97 Å². The second kappa shape index (κ2) is 14.7. The van der Waals surface area contributed by atoms with Crippen LogP contribution in [0.2, 0.25) is 0 Å². The number of piperidine rings is 1. The summed E-state index contributed by atoms with van der Waals surface area (Å²) in [5, 5.41) is 14.1. The number of benzene rings is 4. The lowest BCUT2D eigenvalue weighted by Crippen LogP contribution is -2.42. The highest BCUT2D eigenvalue weighted by Crippen LogP contribution is 2.46. The lowest BCUT2D eigenvalue weighted by atomic mass is 9.89. The highest BCUT2D eigenvalue weighted by atomic mass is 19.3. The second-order valence-corrected chi connectivity index (χ2v) is 12.6. The van der Waals surface area contributed by atoms with Crippen LogP contribution in [0.4, 0.5) is 13.2 Å². The second-order valence-electron chi connectivity index (χ2n) is 12.6. The number of methoxy groups -OCH3 is 2. The van der Waals surface area contributed by atoms with E-state index in [0.29, 0.717) is 41.2 Å². The number of hydrogen-bond donors (Lipinski definition) is 2. The number of amides is 1. The number of carbonyl (C=O) groups is 2. The van der Waals surface area contributed by atoms with E-state index in [1.165, 1.54) is 13.0 Å². The van der Waals surface area contributed by atoms with Crippen molar-refractivity contribution >= 4 is 22.6 Å². The number of hydrogen-bond acceptors (Lipinski definition) is 5. The van der Waals surface area contributed by atoms with Gasteiger partial charge in [-0.1, -0.05) is 61.5 Å². The number of carbonyl (C=O) groups excluding carboxylic acids is 1. The van der Waals surface area contributed by atoms with Gasteiger partial charge in [0.2, 0.25) is 0 Å². The van der Waals surface area contributed by atoms with Crippen LogP contribution < -0.4 is 14.8 Å². The molecule has 10 heteroatoms. The van der Waals surface area contributed by atoms with Crippen LogP contribution in [0.1, 0.15) is 59.3 Å². The summed E-state index contributed by atoms with van der Waals surface area (Å²) in [5.41, 5.74) is 2.90. The molecule has 1 aliphatic rings. The Labute approximate surface area is 284 Å². The van der Waals surface area contributed by atoms with Crippen molar-refractivity contribution in [2.45, 2.75) is 57.5 Å². The summed E-state index contributed by atoms with van der Waals surface area (Å²) in [6.07, 6.45) is 2.36. The summed E-state index contributed by atoms with van der Waals surface area (Å²) in [4.78, 5) is 27.2. The largest absolute Gasteiger partial charge is 0.496 e. The van der Waals surface area contributed by atoms with Gasteiger partial charge in [0.15, 0.2) is 0 Å². The van der Waals surface area contributed by atoms with Gasteiger partial charge in [0.05, 0.1) is 31.9 Å². The molecule has 2 N–H and O–H groups in total. The summed E-state index contributed by atoms with van der Waals surface area (Å²) < 4.78 is 55.9. The van der Waals surface area contributed by atoms with Gasteiger partial charge in [-0.3, -0.25) is 9.69 Å². The van der Waals surface area contributed by atoms with Crippen molar-refractivity contribution in [2.75, 3.05) is 27.3 Å². The quantitative estimate of drug-likeness (QED) is 0.148. The zero-order valence-corrected chi connectivity index (χ0v) is 28.1. The lowest BCUT2D eigenvalue weighted by Gasteiger charge is -2.38. The van der Waals surface area contributed by atoms with Crippen molar-refractivity contribution in [1.82, 2.24) is 10.2 Å². The van der Waals surface area contributed by atoms with Crippen LogP contribution in [0.25, 0.3) is 21.9 Å². The standard InChI is InChI=1S/C39H41F3N2O5/c1-23(2)39(41,42)22-44-18-7-6-17-32(44)26-20-33(48-4)36(34(21-26)49-5)29-15-10-13-27-25(12-9-14-28(27)29)19-31(38(46)47)43-37(45)35-24(3)11-8-16-30(35)40/h8-16,20-21,31-32H,1,6-7,17-19,22H2,2-5H3,(H,43,45)(H,46,47)/t31-,32?/m0/s1. The van der Waals surface area contributed by atoms with Crippen LogP contribution in [0.5, 0.6) is 11.5 Å². The molecule has 2 atom stereocenters. The van der Waals surface area contributed by atoms with Gasteiger partial charge in [0.25, 0.3) is 11.8 Å². The number of fused-ring (bicyclic) bond motifs is 1. The minimum absolute atomic E-state index is 0.0606. The first kappa shape index (κ1) is 35.5. The minimum atomic E-state index is -3.02. The van der Waals surface area contributed by atoms with Crippen LogP contribution in [-0.4, -0.2) is 61.2 Å². The molecule has 1 saturated heterocycles. The van der Waals surface area contributed by atoms with Crippen LogP contribution in [0.15, 0.2) is 78.9 Å². The van der Waals surface area contributed by atoms with Crippen LogP contribution >= 0.6 is 0 Å². The zero-order chi connectivity index (χ0) is 35.5. The van der Waals surface area contributed by atoms with Gasteiger partial charge in [0.1, 0.15) is 23.4 Å². The van der Waals surface area contributed by atoms with Crippen LogP contribution in [0.3, 0.4) is 0 Å². The van der Waals surface area contributed by atoms with E-state index in [9.17, 15) is 27.9 Å². The third-order valence-electron chi connectivity index (χ3n) is 9.31. The van der Waals surface area contributed by atoms with Crippen LogP contribution in [-0.2, 0) is 11.2 Å². The van der Waals surface area contributed by atoms with E-state index in [4.69, 9.17) is 9.47 Å². The number of halogens is 3. The van der Waals surface area contributed by atoms with E-state index in [1.807, 2.05) is 36.4 Å². The molecular formula is C39H41F3N2O5. The normalized spacial score (nSPS) is 15.9. The number of nitrogens with zero attached hydrogens (tertiary/aromatic N) is 1. The SMILES string of the molecule is C=C(C)C(F)(F)CN1CCCCC1c1cc(OC)c(-c2cccc3c(C[C@H](NC(=O)c4c(C)cccc4F)C(=O)O)cccc23)c(OC)c1. The van der Waals surface area contributed by atoms with Crippen molar-refractivity contribution in [3.63, 3.8) is 0 Å². The maximum absolute atomic E-state index is 14.8. The molecule has 5 rings (SSSR count). The average molecular weight is 675 g/mol. The summed E-state index contributed by atoms with van der Waals surface area (Å²) in [6.45, 7) is 6.54. The third kappa shape index (κ3) is 7.44. The molecule has 0 radical (unpaired) electrons. The summed E-state index contributed by atoms with van der Waals surface area (Å²) in [5.74, 6) is -4.82. The number of rotatable bonds is 12. The Hall–Kier alpha value is -4.83. The molecule has 0 aromatic heterocycles. The molecule has 4 aromatic carbocycles. The lowest BCUT2D eigenvalue weighted by molar-refractivity contribution is -0.139. The molecule has 49 heavy (non-hydrogen) atoms. The molecule has 0 bridgehead atoms. The number of aryl methyl sites for hydroxylation is 1. The van der Waals surface area contributed by atoms with E-state index >= 15 is 0 Å². The Bertz CT molecular complexity index is 1850. The molecule has 1 aliphatic heterocycles. The molecule has 7 nitrogen and oxygen atoms in total. The number of likely N-dealkylation sites (tertiary alicyclic amines) is 1. The molecule has 0 saturated carbocycles. The third-order valence-corrected chi connectivity index (χ3v) is 9.31. The molecule has 4 aromatic rings. The molecule has 1 fully saturated rings. The van der Waals surface area contributed by atoms with Crippen molar-refractivity contribution in [3.05, 3.63) is 107 Å². The Morgan fingerprint density at radius 2 is 1.67 bits per heavy atom. The van der Waals surface area contributed by atoms with Crippen molar-refractivity contribution < 1.29 is 37.3 Å². The predicted octanol–water partition coefficient (Wildman–Crippen LogP) is 8.14. The highest BCUT2D eigenvalue weighted by molar-refractivity contribution is 6.02. The van der Waals surface area contributed by atoms with Crippen molar-refractivity contribution in [1.29, 1.82) is 0 Å². The fourth-order valence-electron chi connectivity index (χ4n) is 6.68. The number of nitrogens with one attached hydrogen (secondary N) is 1. The Morgan fingerprint density at radius 1 is 1.02 bits per heavy atom. The first-order valence-electron chi connectivity index (χ1n) is 16.2. The van der Waals surface area contributed by atoms with Gasteiger partial charge in [-0.05, 0) is 90.0 Å². The van der Waals surface area contributed by atoms with E-state index in [2.05, 4.69) is 11.9 Å². The number of ether oxygens (including phenoxy) is 2. The average Bonchev–Trinajstić information content (AvgIpc) is 3.07. The molecule has 1 amide bonds. The maximum Gasteiger partial charge on any atom is 0.326 e. The van der Waals surface area contributed by atoms with Gasteiger partial charge in [-0.15, -0.1) is 0 Å². The number of aliphatic carboxylic acids is 1. The first-order valence-corrected chi connectivity index (χ1v) is 16.2. The van der Waals surface area contributed by atoms with Crippen molar-refractivity contribution in [3.8, 4) is 22.6 Å². The van der Waals surface area contributed by atoms with Gasteiger partial charge in [0, 0.05) is 12.5 Å². The number of carboxylic acids is 1. The first-order chi connectivity index (χ1) is 23.4. The van der Waals surface area contributed by atoms with Gasteiger partial charge in [-0.2, -0.15) is 0 Å². The highest BCUT2D eigenvalue weighted by Gasteiger charge is 2.37. The van der Waals surface area contributed by atoms with E-state index < -0.39 is 36.2 Å². The monoisotopic (exact) mass is 674 g/mol. The Kier molecular flexibility index (Phi) is 10.7. The van der Waals surface area contributed by atoms with Gasteiger partial charge in [-0.25, -0.2) is 18.0 Å². The summed E-state index contributed by atoms with van der Waals surface area (Å²) in [7, 11) is 3.09. The van der Waals surface area contributed by atoms with E-state index in [0.717, 1.165) is 40.8 Å². The van der Waals surface area contributed by atoms with Crippen molar-refractivity contribution in [2.24, 2.45) is 0 Å². The van der Waals surface area contributed by atoms with E-state index in [1.54, 1.807) is 44.2 Å². The van der Waals surface area contributed by atoms with E-state index in [-0.39, 0.29) is 23.6 Å². The fourth-order valence-corrected chi connectivity index (χ4v) is 6.68. The number of alkyl halides is 2. The fraction of sp³-hybridized carbons (Fsp3) is 0.333. The molecular weight excluding hydrogens is 633 g/mol. The summed E-state index contributed by atoms with van der Waals surface area (Å²) >= 11 is 0. The van der Waals surface area contributed by atoms with Gasteiger partial charge < -0.3 is 19.9 Å². The maximum atomic E-state index is 14.8. The molecule has 0 spiro atoms. The zero-order valence-electron chi connectivity index (χ0n) is 28.1. The molecule has 0 aliphatic carbocycles. The Balaban J connectivity index is 1.52. The summed E-state index contributed by atoms with van der Waals surface area (Å²) in [6, 6.07) is 17.5. The molecule has 1 heterocycles. The smallest absolute Gasteiger partial charge is 0.326 e. The Morgan fingerprint density at radius 3 is 2.31 bits per heavy atom. The number of carboxylic acid groups (broad SMARTS) is 1. The minimum Gasteiger partial charge on any atom is -0.496 e. The topological polar surface area (TPSA) is 88.1 Å². The molecule has 258 valence electrons. The predicted molar refractivity (Wildman–Crippen MR) is 184 cm³/mol. The van der Waals surface area contributed by atoms with Crippen LogP contribution in [0, 0.1) is 12.7 Å².